The van der Waals surface area contributed by atoms with Gasteiger partial charge in [-0.05, 0) is 36.0 Å². The minimum absolute atomic E-state index is 0.000567. The lowest BCUT2D eigenvalue weighted by molar-refractivity contribution is -0.138. The molecule has 2 aromatic carbocycles. The van der Waals surface area contributed by atoms with Crippen LogP contribution in [0.25, 0.3) is 0 Å². The van der Waals surface area contributed by atoms with E-state index in [1.54, 1.807) is 6.33 Å². The molecule has 1 amide bonds. The molecule has 2 aliphatic heterocycles. The number of carbonyl (C=O) groups is 1. The van der Waals surface area contributed by atoms with Crippen LogP contribution in [-0.4, -0.2) is 32.1 Å². The number of nitrogens with zero attached hydrogens (tertiary/aromatic N) is 4. The lowest BCUT2D eigenvalue weighted by Crippen LogP contribution is -2.43. The van der Waals surface area contributed by atoms with Gasteiger partial charge in [0.1, 0.15) is 12.2 Å². The summed E-state index contributed by atoms with van der Waals surface area (Å²) < 4.78 is 2.09. The third-order valence-electron chi connectivity index (χ3n) is 6.16. The minimum atomic E-state index is 0.000567. The standard InChI is InChI=1S/C23H24N4O/c28-23(19-10-11-21-25-24-16-26(21)14-12-19)27-15-13-17-6-4-5-9-20(17)22(27)18-7-2-1-3-8-18/h1-9,16,19,22H,10-15H2. The number of rotatable bonds is 2. The lowest BCUT2D eigenvalue weighted by atomic mass is 9.86. The largest absolute Gasteiger partial charge is 0.331 e. The van der Waals surface area contributed by atoms with Crippen molar-refractivity contribution in [1.29, 1.82) is 0 Å². The summed E-state index contributed by atoms with van der Waals surface area (Å²) in [4.78, 5) is 15.8. The van der Waals surface area contributed by atoms with E-state index < -0.39 is 0 Å². The maximum absolute atomic E-state index is 13.7. The van der Waals surface area contributed by atoms with Crippen molar-refractivity contribution in [2.75, 3.05) is 6.54 Å². The van der Waals surface area contributed by atoms with E-state index in [-0.39, 0.29) is 17.9 Å². The van der Waals surface area contributed by atoms with Crippen LogP contribution < -0.4 is 0 Å². The molecule has 0 N–H and O–H groups in total. The number of hydrogen-bond acceptors (Lipinski definition) is 3. The quantitative estimate of drug-likeness (QED) is 0.693. The lowest BCUT2D eigenvalue weighted by Gasteiger charge is -2.39. The molecule has 2 aliphatic rings. The van der Waals surface area contributed by atoms with Crippen molar-refractivity contribution in [2.24, 2.45) is 5.92 Å². The second-order valence-corrected chi connectivity index (χ2v) is 7.76. The number of fused-ring (bicyclic) bond motifs is 2. The molecule has 0 radical (unpaired) electrons. The summed E-state index contributed by atoms with van der Waals surface area (Å²) in [5.74, 6) is 1.32. The van der Waals surface area contributed by atoms with E-state index in [9.17, 15) is 4.79 Å². The van der Waals surface area contributed by atoms with Crippen molar-refractivity contribution in [3.05, 3.63) is 83.4 Å². The fourth-order valence-electron chi connectivity index (χ4n) is 4.68. The molecular formula is C23H24N4O. The van der Waals surface area contributed by atoms with Crippen LogP contribution in [0.4, 0.5) is 0 Å². The summed E-state index contributed by atoms with van der Waals surface area (Å²) in [5.41, 5.74) is 3.81. The summed E-state index contributed by atoms with van der Waals surface area (Å²) in [5, 5.41) is 8.20. The summed E-state index contributed by atoms with van der Waals surface area (Å²) in [6.45, 7) is 1.59. The van der Waals surface area contributed by atoms with Crippen LogP contribution in [0.15, 0.2) is 60.9 Å². The van der Waals surface area contributed by atoms with Gasteiger partial charge in [-0.1, -0.05) is 54.6 Å². The van der Waals surface area contributed by atoms with E-state index in [0.717, 1.165) is 44.6 Å². The van der Waals surface area contributed by atoms with Crippen molar-refractivity contribution < 1.29 is 4.79 Å². The first kappa shape index (κ1) is 17.2. The van der Waals surface area contributed by atoms with Crippen LogP contribution >= 0.6 is 0 Å². The first-order valence-corrected chi connectivity index (χ1v) is 10.1. The predicted octanol–water partition coefficient (Wildman–Crippen LogP) is 3.40. The van der Waals surface area contributed by atoms with Crippen LogP contribution in [0.5, 0.6) is 0 Å². The zero-order valence-electron chi connectivity index (χ0n) is 15.9. The Bertz CT molecular complexity index is 959. The van der Waals surface area contributed by atoms with Gasteiger partial charge in [0, 0.05) is 25.4 Å². The third-order valence-corrected chi connectivity index (χ3v) is 6.16. The molecule has 2 unspecified atom stereocenters. The Morgan fingerprint density at radius 3 is 2.64 bits per heavy atom. The summed E-state index contributed by atoms with van der Waals surface area (Å²) in [6.07, 6.45) is 5.22. The highest BCUT2D eigenvalue weighted by Gasteiger charge is 2.35. The van der Waals surface area contributed by atoms with Gasteiger partial charge in [0.05, 0.1) is 6.04 Å². The molecule has 1 aromatic heterocycles. The first-order valence-electron chi connectivity index (χ1n) is 10.1. The van der Waals surface area contributed by atoms with Gasteiger partial charge in [-0.3, -0.25) is 4.79 Å². The van der Waals surface area contributed by atoms with Crippen LogP contribution in [0.2, 0.25) is 0 Å². The molecule has 2 atom stereocenters. The van der Waals surface area contributed by atoms with Crippen LogP contribution in [0.1, 0.15) is 41.4 Å². The second-order valence-electron chi connectivity index (χ2n) is 7.76. The Hall–Kier alpha value is -2.95. The normalized spacial score (nSPS) is 21.5. The fourth-order valence-corrected chi connectivity index (χ4v) is 4.68. The Morgan fingerprint density at radius 1 is 0.929 bits per heavy atom. The molecule has 0 fully saturated rings. The summed E-state index contributed by atoms with van der Waals surface area (Å²) >= 11 is 0. The van der Waals surface area contributed by atoms with Crippen molar-refractivity contribution in [3.63, 3.8) is 0 Å². The Kier molecular flexibility index (Phi) is 4.43. The van der Waals surface area contributed by atoms with Gasteiger partial charge in [0.2, 0.25) is 5.91 Å². The number of aryl methyl sites for hydroxylation is 2. The molecule has 5 heteroatoms. The molecule has 3 aromatic rings. The summed E-state index contributed by atoms with van der Waals surface area (Å²) in [7, 11) is 0. The SMILES string of the molecule is O=C(C1CCc2nncn2CC1)N1CCc2ccccc2C1c1ccccc1. The van der Waals surface area contributed by atoms with E-state index in [1.807, 2.05) is 6.07 Å². The van der Waals surface area contributed by atoms with Crippen LogP contribution in [-0.2, 0) is 24.2 Å². The van der Waals surface area contributed by atoms with Gasteiger partial charge in [-0.2, -0.15) is 0 Å². The van der Waals surface area contributed by atoms with E-state index in [0.29, 0.717) is 0 Å². The zero-order chi connectivity index (χ0) is 18.9. The maximum atomic E-state index is 13.7. The zero-order valence-corrected chi connectivity index (χ0v) is 15.9. The van der Waals surface area contributed by atoms with E-state index in [2.05, 4.69) is 68.2 Å². The highest BCUT2D eigenvalue weighted by molar-refractivity contribution is 5.80. The van der Waals surface area contributed by atoms with E-state index >= 15 is 0 Å². The molecule has 3 heterocycles. The van der Waals surface area contributed by atoms with Gasteiger partial charge >= 0.3 is 0 Å². The van der Waals surface area contributed by atoms with Gasteiger partial charge < -0.3 is 9.47 Å². The van der Waals surface area contributed by atoms with Crippen LogP contribution in [0.3, 0.4) is 0 Å². The number of hydrogen-bond donors (Lipinski definition) is 0. The predicted molar refractivity (Wildman–Crippen MR) is 107 cm³/mol. The Labute approximate surface area is 165 Å². The minimum Gasteiger partial charge on any atom is -0.331 e. The molecule has 28 heavy (non-hydrogen) atoms. The van der Waals surface area contributed by atoms with Gasteiger partial charge in [-0.25, -0.2) is 0 Å². The van der Waals surface area contributed by atoms with Crippen LogP contribution in [0, 0.1) is 5.92 Å². The molecule has 142 valence electrons. The molecule has 0 bridgehead atoms. The number of aromatic nitrogens is 3. The topological polar surface area (TPSA) is 51.0 Å². The number of carbonyl (C=O) groups excluding carboxylic acids is 1. The highest BCUT2D eigenvalue weighted by atomic mass is 16.2. The molecule has 5 nitrogen and oxygen atoms in total. The van der Waals surface area contributed by atoms with Crippen molar-refractivity contribution in [3.8, 4) is 0 Å². The van der Waals surface area contributed by atoms with Gasteiger partial charge in [0.15, 0.2) is 0 Å². The maximum Gasteiger partial charge on any atom is 0.226 e. The highest BCUT2D eigenvalue weighted by Crippen LogP contribution is 2.37. The molecular weight excluding hydrogens is 348 g/mol. The second kappa shape index (κ2) is 7.23. The first-order chi connectivity index (χ1) is 13.8. The number of benzene rings is 2. The monoisotopic (exact) mass is 372 g/mol. The number of amides is 1. The molecule has 0 saturated heterocycles. The third kappa shape index (κ3) is 3.01. The van der Waals surface area contributed by atoms with Gasteiger partial charge in [-0.15, -0.1) is 10.2 Å². The molecule has 0 spiro atoms. The average molecular weight is 372 g/mol. The molecule has 0 aliphatic carbocycles. The fraction of sp³-hybridized carbons (Fsp3) is 0.348. The van der Waals surface area contributed by atoms with E-state index in [1.165, 1.54) is 16.7 Å². The van der Waals surface area contributed by atoms with Crippen molar-refractivity contribution in [1.82, 2.24) is 19.7 Å². The van der Waals surface area contributed by atoms with E-state index in [4.69, 9.17) is 0 Å². The Morgan fingerprint density at radius 2 is 1.75 bits per heavy atom. The van der Waals surface area contributed by atoms with Gasteiger partial charge in [0.25, 0.3) is 0 Å². The summed E-state index contributed by atoms with van der Waals surface area (Å²) in [6, 6.07) is 19.0. The molecule has 5 rings (SSSR count). The Balaban J connectivity index is 1.46. The van der Waals surface area contributed by atoms with Crippen molar-refractivity contribution in [2.45, 2.75) is 38.3 Å². The smallest absolute Gasteiger partial charge is 0.226 e. The average Bonchev–Trinajstić information content (AvgIpc) is 3.11. The van der Waals surface area contributed by atoms with Crippen molar-refractivity contribution >= 4 is 5.91 Å². The molecule has 0 saturated carbocycles.